The van der Waals surface area contributed by atoms with E-state index in [2.05, 4.69) is 68.5 Å². The monoisotopic (exact) mass is 739 g/mol. The van der Waals surface area contributed by atoms with Gasteiger partial charge >= 0.3 is 19.8 Å². The number of quaternary nitrogens is 1. The summed E-state index contributed by atoms with van der Waals surface area (Å²) in [7, 11) is 1.43. The summed E-state index contributed by atoms with van der Waals surface area (Å²) in [4.78, 5) is 35.1. The number of ether oxygens (including phenoxy) is 2. The fraction of sp³-hybridized carbons (Fsp3) is 0.707. The van der Waals surface area contributed by atoms with E-state index >= 15 is 0 Å². The summed E-state index contributed by atoms with van der Waals surface area (Å²) in [5.74, 6) is -0.874. The molecule has 9 nitrogen and oxygen atoms in total. The fourth-order valence-electron chi connectivity index (χ4n) is 4.75. The average molecular weight is 739 g/mol. The van der Waals surface area contributed by atoms with Gasteiger partial charge in [0.25, 0.3) is 0 Å². The topological polar surface area (TPSA) is 108 Å². The first-order chi connectivity index (χ1) is 24.5. The second kappa shape index (κ2) is 33.5. The molecule has 0 bridgehead atoms. The number of phosphoric acid groups is 1. The summed E-state index contributed by atoms with van der Waals surface area (Å²) in [6.07, 6.45) is 38.5. The molecule has 0 aliphatic carbocycles. The van der Waals surface area contributed by atoms with Crippen LogP contribution in [0.4, 0.5) is 0 Å². The summed E-state index contributed by atoms with van der Waals surface area (Å²) in [5, 5.41) is 0. The Kier molecular flexibility index (Phi) is 32.0. The van der Waals surface area contributed by atoms with E-state index in [9.17, 15) is 19.0 Å². The third-order valence-corrected chi connectivity index (χ3v) is 8.80. The number of hydrogen-bond donors (Lipinski definition) is 1. The number of phosphoric ester groups is 1. The highest BCUT2D eigenvalue weighted by molar-refractivity contribution is 7.47. The number of esters is 2. The van der Waals surface area contributed by atoms with Gasteiger partial charge in [-0.2, -0.15) is 0 Å². The zero-order valence-corrected chi connectivity index (χ0v) is 33.7. The molecule has 0 radical (unpaired) electrons. The van der Waals surface area contributed by atoms with Gasteiger partial charge in [-0.3, -0.25) is 18.6 Å². The highest BCUT2D eigenvalue weighted by Crippen LogP contribution is 2.43. The van der Waals surface area contributed by atoms with Crippen molar-refractivity contribution in [3.05, 3.63) is 60.8 Å². The third-order valence-electron chi connectivity index (χ3n) is 7.81. The van der Waals surface area contributed by atoms with Crippen LogP contribution in [0.5, 0.6) is 0 Å². The van der Waals surface area contributed by atoms with Crippen molar-refractivity contribution in [2.45, 2.75) is 142 Å². The minimum absolute atomic E-state index is 0.0192. The normalized spacial score (nSPS) is 14.4. The van der Waals surface area contributed by atoms with E-state index in [1.165, 1.54) is 44.9 Å². The summed E-state index contributed by atoms with van der Waals surface area (Å²) in [6, 6.07) is 0. The minimum atomic E-state index is -4.38. The number of unbranched alkanes of at least 4 members (excludes halogenated alkanes) is 10. The number of nitrogens with zero attached hydrogens (tertiary/aromatic N) is 1. The van der Waals surface area contributed by atoms with Crippen molar-refractivity contribution < 1.29 is 42.1 Å². The van der Waals surface area contributed by atoms with E-state index in [4.69, 9.17) is 18.5 Å². The van der Waals surface area contributed by atoms with Crippen molar-refractivity contribution in [2.24, 2.45) is 0 Å². The molecule has 0 aromatic rings. The Morgan fingerprint density at radius 3 is 1.65 bits per heavy atom. The number of likely N-dealkylation sites (N-methyl/N-ethyl adjacent to an activating group) is 1. The van der Waals surface area contributed by atoms with Crippen molar-refractivity contribution in [1.82, 2.24) is 0 Å². The first-order valence-electron chi connectivity index (χ1n) is 19.5. The van der Waals surface area contributed by atoms with Crippen LogP contribution in [0.25, 0.3) is 0 Å². The molecule has 2 atom stereocenters. The van der Waals surface area contributed by atoms with Crippen LogP contribution in [-0.4, -0.2) is 74.9 Å². The second-order valence-electron chi connectivity index (χ2n) is 13.9. The molecule has 0 aromatic heterocycles. The third kappa shape index (κ3) is 37.3. The summed E-state index contributed by atoms with van der Waals surface area (Å²) in [5.41, 5.74) is 0. The van der Waals surface area contributed by atoms with Crippen molar-refractivity contribution >= 4 is 19.8 Å². The van der Waals surface area contributed by atoms with Crippen LogP contribution in [0, 0.1) is 0 Å². The van der Waals surface area contributed by atoms with E-state index in [0.29, 0.717) is 23.9 Å². The number of carbonyl (C=O) groups excluding carboxylic acids is 2. The van der Waals surface area contributed by atoms with Gasteiger partial charge in [0.15, 0.2) is 6.10 Å². The number of allylic oxidation sites excluding steroid dienone is 10. The van der Waals surface area contributed by atoms with Crippen molar-refractivity contribution in [1.29, 1.82) is 0 Å². The lowest BCUT2D eigenvalue weighted by Crippen LogP contribution is -2.37. The summed E-state index contributed by atoms with van der Waals surface area (Å²) in [6.45, 7) is 4.20. The lowest BCUT2D eigenvalue weighted by Gasteiger charge is -2.24. The minimum Gasteiger partial charge on any atom is -0.462 e. The van der Waals surface area contributed by atoms with Gasteiger partial charge in [-0.15, -0.1) is 0 Å². The van der Waals surface area contributed by atoms with Gasteiger partial charge in [0.2, 0.25) is 0 Å². The molecule has 10 heteroatoms. The Morgan fingerprint density at radius 2 is 1.12 bits per heavy atom. The molecule has 294 valence electrons. The molecule has 0 saturated heterocycles. The largest absolute Gasteiger partial charge is 0.472 e. The first-order valence-corrected chi connectivity index (χ1v) is 21.0. The van der Waals surface area contributed by atoms with Gasteiger partial charge in [0, 0.05) is 12.8 Å². The zero-order valence-electron chi connectivity index (χ0n) is 32.8. The summed E-state index contributed by atoms with van der Waals surface area (Å²) >= 11 is 0. The average Bonchev–Trinajstić information content (AvgIpc) is 3.07. The van der Waals surface area contributed by atoms with E-state index < -0.39 is 26.5 Å². The molecule has 0 rings (SSSR count). The molecule has 0 heterocycles. The van der Waals surface area contributed by atoms with Crippen LogP contribution < -0.4 is 0 Å². The fourth-order valence-corrected chi connectivity index (χ4v) is 5.49. The molecule has 0 aliphatic rings. The highest BCUT2D eigenvalue weighted by Gasteiger charge is 2.27. The maximum atomic E-state index is 12.6. The predicted molar refractivity (Wildman–Crippen MR) is 210 cm³/mol. The van der Waals surface area contributed by atoms with Gasteiger partial charge in [0.05, 0.1) is 27.7 Å². The molecule has 51 heavy (non-hydrogen) atoms. The lowest BCUT2D eigenvalue weighted by atomic mass is 10.1. The van der Waals surface area contributed by atoms with Gasteiger partial charge in [0.1, 0.15) is 19.8 Å². The Morgan fingerprint density at radius 1 is 0.627 bits per heavy atom. The molecule has 1 unspecified atom stereocenters. The lowest BCUT2D eigenvalue weighted by molar-refractivity contribution is -0.870. The van der Waals surface area contributed by atoms with Crippen molar-refractivity contribution in [3.63, 3.8) is 0 Å². The molecule has 0 saturated carbocycles. The van der Waals surface area contributed by atoms with Gasteiger partial charge in [-0.1, -0.05) is 132 Å². The maximum Gasteiger partial charge on any atom is 0.472 e. The molecular formula is C41H73NO8P+. The van der Waals surface area contributed by atoms with E-state index in [-0.39, 0.29) is 32.0 Å². The van der Waals surface area contributed by atoms with Crippen LogP contribution in [0.15, 0.2) is 60.8 Å². The Balaban J connectivity index is 4.54. The maximum absolute atomic E-state index is 12.6. The van der Waals surface area contributed by atoms with Crippen LogP contribution in [0.2, 0.25) is 0 Å². The molecule has 0 fully saturated rings. The number of rotatable bonds is 34. The molecule has 1 N–H and O–H groups in total. The molecule has 0 amide bonds. The molecular weight excluding hydrogens is 665 g/mol. The Hall–Kier alpha value is -2.29. The smallest absolute Gasteiger partial charge is 0.462 e. The van der Waals surface area contributed by atoms with Crippen molar-refractivity contribution in [3.8, 4) is 0 Å². The molecule has 0 aromatic carbocycles. The molecule has 0 spiro atoms. The highest BCUT2D eigenvalue weighted by atomic mass is 31.2. The first kappa shape index (κ1) is 48.7. The predicted octanol–water partition coefficient (Wildman–Crippen LogP) is 10.5. The van der Waals surface area contributed by atoms with Crippen molar-refractivity contribution in [2.75, 3.05) is 47.5 Å². The van der Waals surface area contributed by atoms with E-state index in [1.807, 2.05) is 27.2 Å². The Bertz CT molecular complexity index is 1060. The van der Waals surface area contributed by atoms with E-state index in [1.54, 1.807) is 0 Å². The van der Waals surface area contributed by atoms with Crippen LogP contribution in [0.3, 0.4) is 0 Å². The van der Waals surface area contributed by atoms with Gasteiger partial charge in [-0.25, -0.2) is 4.57 Å². The van der Waals surface area contributed by atoms with E-state index in [0.717, 1.165) is 51.4 Å². The SMILES string of the molecule is CC/C=C/C/C=C/C/C=C/C/C=C/C/C=C/CCCC(=O)O[C@H](COC(=O)CCCCCCCCCCCC)COP(=O)(O)OCC[N+](C)(C)C. The van der Waals surface area contributed by atoms with Crippen LogP contribution in [-0.2, 0) is 32.7 Å². The second-order valence-corrected chi connectivity index (χ2v) is 15.4. The standard InChI is InChI=1S/C41H72NO8P/c1-6-8-10-12-14-16-18-19-20-21-22-23-24-26-28-30-32-34-41(44)50-39(38-49-51(45,46)48-36-35-42(3,4)5)37-47-40(43)33-31-29-27-25-17-15-13-11-9-7-2/h8,10,14,16,19-20,22-23,26,28,39H,6-7,9,11-13,15,17-18,21,24-25,27,29-38H2,1-5H3/p+1/b10-8+,16-14+,20-19+,23-22+,28-26+/t39-/m1/s1. The van der Waals surface area contributed by atoms with Gasteiger partial charge < -0.3 is 18.9 Å². The quantitative estimate of drug-likeness (QED) is 0.0229. The number of carbonyl (C=O) groups is 2. The number of hydrogen-bond acceptors (Lipinski definition) is 7. The zero-order chi connectivity index (χ0) is 37.9. The molecule has 0 aliphatic heterocycles. The summed E-state index contributed by atoms with van der Waals surface area (Å²) < 4.78 is 34.1. The van der Waals surface area contributed by atoms with Gasteiger partial charge in [-0.05, 0) is 51.4 Å². The van der Waals surface area contributed by atoms with Crippen LogP contribution in [0.1, 0.15) is 136 Å². The van der Waals surface area contributed by atoms with Crippen LogP contribution >= 0.6 is 7.82 Å². The Labute approximate surface area is 311 Å².